The number of imidazole rings is 1. The molecule has 0 radical (unpaired) electrons. The van der Waals surface area contributed by atoms with Crippen LogP contribution in [0.15, 0.2) is 24.5 Å². The SMILES string of the molecule is Cc1ccc(Cn2cc(C)[nH]c2=S)cn1. The van der Waals surface area contributed by atoms with Crippen LogP contribution in [0.2, 0.25) is 0 Å². The lowest BCUT2D eigenvalue weighted by atomic mass is 10.2. The number of hydrogen-bond donors (Lipinski definition) is 1. The summed E-state index contributed by atoms with van der Waals surface area (Å²) in [6, 6.07) is 4.09. The van der Waals surface area contributed by atoms with Crippen molar-refractivity contribution < 1.29 is 0 Å². The second-order valence-electron chi connectivity index (χ2n) is 3.68. The van der Waals surface area contributed by atoms with Crippen LogP contribution in [-0.2, 0) is 6.54 Å². The predicted molar refractivity (Wildman–Crippen MR) is 62.4 cm³/mol. The molecule has 0 aliphatic carbocycles. The van der Waals surface area contributed by atoms with Gasteiger partial charge >= 0.3 is 0 Å². The standard InChI is InChI=1S/C11H13N3S/c1-8-3-4-10(5-12-8)7-14-6-9(2)13-11(14)15/h3-6H,7H2,1-2H3,(H,13,15). The van der Waals surface area contributed by atoms with E-state index >= 15 is 0 Å². The van der Waals surface area contributed by atoms with Crippen molar-refractivity contribution in [2.75, 3.05) is 0 Å². The molecule has 15 heavy (non-hydrogen) atoms. The summed E-state index contributed by atoms with van der Waals surface area (Å²) >= 11 is 5.18. The summed E-state index contributed by atoms with van der Waals surface area (Å²) in [4.78, 5) is 7.35. The van der Waals surface area contributed by atoms with Gasteiger partial charge in [-0.15, -0.1) is 0 Å². The smallest absolute Gasteiger partial charge is 0.177 e. The molecule has 0 saturated carbocycles. The molecule has 0 aliphatic rings. The van der Waals surface area contributed by atoms with Gasteiger partial charge in [-0.05, 0) is 37.7 Å². The lowest BCUT2D eigenvalue weighted by Gasteiger charge is -2.02. The van der Waals surface area contributed by atoms with Gasteiger partial charge < -0.3 is 9.55 Å². The van der Waals surface area contributed by atoms with Crippen molar-refractivity contribution in [3.05, 3.63) is 46.2 Å². The Labute approximate surface area is 93.8 Å². The molecule has 0 saturated heterocycles. The van der Waals surface area contributed by atoms with Crippen molar-refractivity contribution in [3.63, 3.8) is 0 Å². The second kappa shape index (κ2) is 3.98. The number of nitrogens with one attached hydrogen (secondary N) is 1. The Morgan fingerprint density at radius 2 is 2.20 bits per heavy atom. The molecule has 0 unspecified atom stereocenters. The Hall–Kier alpha value is -1.42. The number of aromatic amines is 1. The maximum atomic E-state index is 5.18. The molecule has 2 rings (SSSR count). The Morgan fingerprint density at radius 1 is 1.40 bits per heavy atom. The van der Waals surface area contributed by atoms with E-state index in [1.807, 2.05) is 36.9 Å². The predicted octanol–water partition coefficient (Wildman–Crippen LogP) is 2.61. The van der Waals surface area contributed by atoms with E-state index in [0.717, 1.165) is 28.3 Å². The Kier molecular flexibility index (Phi) is 2.68. The highest BCUT2D eigenvalue weighted by Crippen LogP contribution is 2.04. The summed E-state index contributed by atoms with van der Waals surface area (Å²) in [7, 11) is 0. The van der Waals surface area contributed by atoms with Crippen LogP contribution in [0, 0.1) is 18.6 Å². The molecule has 3 nitrogen and oxygen atoms in total. The number of pyridine rings is 1. The molecule has 4 heteroatoms. The quantitative estimate of drug-likeness (QED) is 0.788. The minimum atomic E-state index is 0.757. The molecule has 1 N–H and O–H groups in total. The Balaban J connectivity index is 2.25. The third kappa shape index (κ3) is 2.33. The van der Waals surface area contributed by atoms with Gasteiger partial charge in [-0.2, -0.15) is 0 Å². The van der Waals surface area contributed by atoms with Crippen molar-refractivity contribution in [2.45, 2.75) is 20.4 Å². The molecule has 0 fully saturated rings. The number of rotatable bonds is 2. The average Bonchev–Trinajstić information content (AvgIpc) is 2.49. The van der Waals surface area contributed by atoms with Crippen LogP contribution in [0.4, 0.5) is 0 Å². The first kappa shape index (κ1) is 10.1. The van der Waals surface area contributed by atoms with Gasteiger partial charge in [0.2, 0.25) is 0 Å². The van der Waals surface area contributed by atoms with Gasteiger partial charge in [0.1, 0.15) is 0 Å². The third-order valence-electron chi connectivity index (χ3n) is 2.24. The van der Waals surface area contributed by atoms with E-state index in [2.05, 4.69) is 16.0 Å². The Morgan fingerprint density at radius 3 is 2.73 bits per heavy atom. The van der Waals surface area contributed by atoms with Crippen molar-refractivity contribution in [1.82, 2.24) is 14.5 Å². The molecule has 2 aromatic rings. The molecule has 0 amide bonds. The molecule has 0 aromatic carbocycles. The summed E-state index contributed by atoms with van der Waals surface area (Å²) in [5.41, 5.74) is 3.28. The van der Waals surface area contributed by atoms with Crippen LogP contribution >= 0.6 is 12.2 Å². The molecule has 0 aliphatic heterocycles. The molecule has 0 atom stereocenters. The van der Waals surface area contributed by atoms with Crippen LogP contribution in [0.25, 0.3) is 0 Å². The largest absolute Gasteiger partial charge is 0.335 e. The van der Waals surface area contributed by atoms with Crippen molar-refractivity contribution >= 4 is 12.2 Å². The Bertz CT molecular complexity index is 507. The first-order valence-corrected chi connectivity index (χ1v) is 5.23. The van der Waals surface area contributed by atoms with E-state index in [1.165, 1.54) is 0 Å². The molecule has 2 heterocycles. The van der Waals surface area contributed by atoms with Crippen molar-refractivity contribution in [3.8, 4) is 0 Å². The maximum absolute atomic E-state index is 5.18. The van der Waals surface area contributed by atoms with Gasteiger partial charge in [0.25, 0.3) is 0 Å². The molecular formula is C11H13N3S. The minimum absolute atomic E-state index is 0.757. The normalized spacial score (nSPS) is 10.5. The lowest BCUT2D eigenvalue weighted by Crippen LogP contribution is -1.98. The minimum Gasteiger partial charge on any atom is -0.335 e. The summed E-state index contributed by atoms with van der Waals surface area (Å²) in [6.45, 7) is 4.76. The van der Waals surface area contributed by atoms with Crippen LogP contribution in [0.1, 0.15) is 17.0 Å². The van der Waals surface area contributed by atoms with E-state index in [-0.39, 0.29) is 0 Å². The van der Waals surface area contributed by atoms with Crippen LogP contribution < -0.4 is 0 Å². The van der Waals surface area contributed by atoms with Crippen LogP contribution in [-0.4, -0.2) is 14.5 Å². The van der Waals surface area contributed by atoms with E-state index < -0.39 is 0 Å². The second-order valence-corrected chi connectivity index (χ2v) is 4.06. The molecule has 78 valence electrons. The fourth-order valence-corrected chi connectivity index (χ4v) is 1.75. The summed E-state index contributed by atoms with van der Waals surface area (Å²) < 4.78 is 2.77. The van der Waals surface area contributed by atoms with E-state index in [4.69, 9.17) is 12.2 Å². The van der Waals surface area contributed by atoms with E-state index in [9.17, 15) is 0 Å². The molecule has 0 bridgehead atoms. The maximum Gasteiger partial charge on any atom is 0.177 e. The number of aromatic nitrogens is 3. The summed E-state index contributed by atoms with van der Waals surface area (Å²) in [6.07, 6.45) is 3.90. The molecule has 0 spiro atoms. The van der Waals surface area contributed by atoms with Gasteiger partial charge in [0, 0.05) is 23.8 Å². The molecule has 2 aromatic heterocycles. The average molecular weight is 219 g/mol. The van der Waals surface area contributed by atoms with Gasteiger partial charge in [0.15, 0.2) is 4.77 Å². The molecular weight excluding hydrogens is 206 g/mol. The summed E-state index contributed by atoms with van der Waals surface area (Å²) in [5.74, 6) is 0. The van der Waals surface area contributed by atoms with E-state index in [1.54, 1.807) is 0 Å². The fraction of sp³-hybridized carbons (Fsp3) is 0.273. The van der Waals surface area contributed by atoms with Crippen LogP contribution in [0.3, 0.4) is 0 Å². The number of nitrogens with zero attached hydrogens (tertiary/aromatic N) is 2. The first-order valence-electron chi connectivity index (χ1n) is 4.83. The third-order valence-corrected chi connectivity index (χ3v) is 2.58. The van der Waals surface area contributed by atoms with Gasteiger partial charge in [-0.3, -0.25) is 4.98 Å². The number of hydrogen-bond acceptors (Lipinski definition) is 2. The zero-order valence-corrected chi connectivity index (χ0v) is 9.64. The lowest BCUT2D eigenvalue weighted by molar-refractivity contribution is 0.779. The topological polar surface area (TPSA) is 33.6 Å². The number of H-pyrrole nitrogens is 1. The monoisotopic (exact) mass is 219 g/mol. The van der Waals surface area contributed by atoms with Gasteiger partial charge in [-0.1, -0.05) is 6.07 Å². The fourth-order valence-electron chi connectivity index (χ4n) is 1.47. The van der Waals surface area contributed by atoms with E-state index in [0.29, 0.717) is 0 Å². The highest BCUT2D eigenvalue weighted by atomic mass is 32.1. The van der Waals surface area contributed by atoms with Gasteiger partial charge in [0.05, 0.1) is 6.54 Å². The summed E-state index contributed by atoms with van der Waals surface area (Å²) in [5, 5.41) is 0. The van der Waals surface area contributed by atoms with Crippen molar-refractivity contribution in [2.24, 2.45) is 0 Å². The number of aryl methyl sites for hydroxylation is 2. The zero-order chi connectivity index (χ0) is 10.8. The van der Waals surface area contributed by atoms with Crippen molar-refractivity contribution in [1.29, 1.82) is 0 Å². The zero-order valence-electron chi connectivity index (χ0n) is 8.82. The highest BCUT2D eigenvalue weighted by Gasteiger charge is 1.98. The van der Waals surface area contributed by atoms with Gasteiger partial charge in [-0.25, -0.2) is 0 Å². The highest BCUT2D eigenvalue weighted by molar-refractivity contribution is 7.71. The first-order chi connectivity index (χ1) is 7.15. The van der Waals surface area contributed by atoms with Crippen LogP contribution in [0.5, 0.6) is 0 Å².